The second kappa shape index (κ2) is 8.58. The van der Waals surface area contributed by atoms with E-state index >= 15 is 0 Å². The normalized spacial score (nSPS) is 11.3. The zero-order chi connectivity index (χ0) is 18.3. The van der Waals surface area contributed by atoms with Crippen LogP contribution in [0.2, 0.25) is 0 Å². The Morgan fingerprint density at radius 3 is 2.44 bits per heavy atom. The minimum atomic E-state index is -0.325. The van der Waals surface area contributed by atoms with Crippen molar-refractivity contribution in [2.45, 2.75) is 33.1 Å². The topological polar surface area (TPSA) is 84.2 Å². The lowest BCUT2D eigenvalue weighted by Gasteiger charge is -2.31. The van der Waals surface area contributed by atoms with Crippen LogP contribution in [0.5, 0.6) is 0 Å². The number of hydrogen-bond donors (Lipinski definition) is 2. The summed E-state index contributed by atoms with van der Waals surface area (Å²) in [7, 11) is 0. The van der Waals surface area contributed by atoms with Gasteiger partial charge in [-0.3, -0.25) is 9.59 Å². The molecule has 0 unspecified atom stereocenters. The molecule has 2 rings (SSSR count). The molecule has 1 amide bonds. The van der Waals surface area contributed by atoms with Gasteiger partial charge in [0.2, 0.25) is 0 Å². The number of amides is 1. The summed E-state index contributed by atoms with van der Waals surface area (Å²) < 4.78 is 1.22. The largest absolute Gasteiger partial charge is 0.396 e. The molecule has 6 nitrogen and oxygen atoms in total. The lowest BCUT2D eigenvalue weighted by molar-refractivity contribution is 0.0900. The summed E-state index contributed by atoms with van der Waals surface area (Å²) in [5.74, 6) is -0.325. The number of benzene rings is 1. The van der Waals surface area contributed by atoms with Gasteiger partial charge < -0.3 is 10.4 Å². The summed E-state index contributed by atoms with van der Waals surface area (Å²) in [5.41, 5.74) is 0.380. The first-order chi connectivity index (χ1) is 12.0. The molecule has 1 aromatic heterocycles. The molecule has 134 valence electrons. The Bertz CT molecular complexity index is 752. The van der Waals surface area contributed by atoms with Gasteiger partial charge in [0, 0.05) is 19.2 Å². The number of nitrogens with one attached hydrogen (secondary N) is 1. The van der Waals surface area contributed by atoms with Crippen molar-refractivity contribution in [3.05, 3.63) is 58.5 Å². The van der Waals surface area contributed by atoms with Crippen molar-refractivity contribution < 1.29 is 9.90 Å². The second-order valence-corrected chi connectivity index (χ2v) is 6.17. The van der Waals surface area contributed by atoms with Crippen LogP contribution in [0.25, 0.3) is 5.69 Å². The lowest BCUT2D eigenvalue weighted by atomic mass is 9.79. The highest BCUT2D eigenvalue weighted by molar-refractivity contribution is 5.92. The first-order valence-electron chi connectivity index (χ1n) is 8.60. The maximum atomic E-state index is 12.5. The molecule has 0 saturated carbocycles. The zero-order valence-corrected chi connectivity index (χ0v) is 14.7. The van der Waals surface area contributed by atoms with E-state index in [1.807, 2.05) is 18.2 Å². The molecular weight excluding hydrogens is 318 g/mol. The van der Waals surface area contributed by atoms with Crippen molar-refractivity contribution in [3.63, 3.8) is 0 Å². The van der Waals surface area contributed by atoms with Gasteiger partial charge in [0.25, 0.3) is 11.5 Å². The van der Waals surface area contributed by atoms with Crippen LogP contribution in [0.4, 0.5) is 0 Å². The number of carbonyl (C=O) groups is 1. The van der Waals surface area contributed by atoms with E-state index in [4.69, 9.17) is 0 Å². The molecule has 0 aliphatic rings. The smallest absolute Gasteiger partial charge is 0.271 e. The molecule has 0 radical (unpaired) electrons. The SMILES string of the molecule is CCC(CC)(CCO)CNC(=O)c1ccc(=O)n(-c2ccccc2)n1. The van der Waals surface area contributed by atoms with Crippen LogP contribution in [-0.2, 0) is 0 Å². The summed E-state index contributed by atoms with van der Waals surface area (Å²) in [4.78, 5) is 24.5. The highest BCUT2D eigenvalue weighted by Gasteiger charge is 2.26. The van der Waals surface area contributed by atoms with Crippen LogP contribution in [0, 0.1) is 5.41 Å². The molecule has 2 aromatic rings. The monoisotopic (exact) mass is 343 g/mol. The molecule has 6 heteroatoms. The van der Waals surface area contributed by atoms with Crippen LogP contribution in [-0.4, -0.2) is 33.9 Å². The Morgan fingerprint density at radius 1 is 1.16 bits per heavy atom. The Hall–Kier alpha value is -2.47. The average Bonchev–Trinajstić information content (AvgIpc) is 2.66. The standard InChI is InChI=1S/C19H25N3O3/c1-3-19(4-2,12-13-23)14-20-18(25)16-10-11-17(24)22(21-16)15-8-6-5-7-9-15/h5-11,23H,3-4,12-14H2,1-2H3,(H,20,25). The Kier molecular flexibility index (Phi) is 6.47. The van der Waals surface area contributed by atoms with Gasteiger partial charge in [-0.25, -0.2) is 0 Å². The van der Waals surface area contributed by atoms with Crippen molar-refractivity contribution in [1.29, 1.82) is 0 Å². The average molecular weight is 343 g/mol. The van der Waals surface area contributed by atoms with Crippen LogP contribution in [0.1, 0.15) is 43.6 Å². The van der Waals surface area contributed by atoms with Gasteiger partial charge in [-0.05, 0) is 42.9 Å². The summed E-state index contributed by atoms with van der Waals surface area (Å²) in [5, 5.41) is 16.4. The number of aromatic nitrogens is 2. The van der Waals surface area contributed by atoms with Gasteiger partial charge in [0.1, 0.15) is 5.69 Å². The molecule has 25 heavy (non-hydrogen) atoms. The van der Waals surface area contributed by atoms with Gasteiger partial charge in [0.05, 0.1) is 5.69 Å². The maximum Gasteiger partial charge on any atom is 0.271 e. The number of aliphatic hydroxyl groups is 1. The van der Waals surface area contributed by atoms with Crippen molar-refractivity contribution in [3.8, 4) is 5.69 Å². The van der Waals surface area contributed by atoms with Crippen LogP contribution < -0.4 is 10.9 Å². The fraction of sp³-hybridized carbons (Fsp3) is 0.421. The van der Waals surface area contributed by atoms with E-state index in [9.17, 15) is 14.7 Å². The summed E-state index contributed by atoms with van der Waals surface area (Å²) in [6, 6.07) is 11.8. The zero-order valence-electron chi connectivity index (χ0n) is 14.7. The fourth-order valence-electron chi connectivity index (χ4n) is 2.82. The summed E-state index contributed by atoms with van der Waals surface area (Å²) in [6.45, 7) is 4.67. The third-order valence-corrected chi connectivity index (χ3v) is 4.80. The van der Waals surface area contributed by atoms with E-state index < -0.39 is 0 Å². The molecule has 0 saturated heterocycles. The van der Waals surface area contributed by atoms with Gasteiger partial charge in [-0.1, -0.05) is 32.0 Å². The summed E-state index contributed by atoms with van der Waals surface area (Å²) in [6.07, 6.45) is 2.36. The van der Waals surface area contributed by atoms with E-state index in [1.54, 1.807) is 12.1 Å². The molecule has 0 fully saturated rings. The Labute approximate surface area is 147 Å². The second-order valence-electron chi connectivity index (χ2n) is 6.17. The van der Waals surface area contributed by atoms with Crippen molar-refractivity contribution in [2.75, 3.05) is 13.2 Å². The highest BCUT2D eigenvalue weighted by Crippen LogP contribution is 2.29. The number of hydrogen-bond acceptors (Lipinski definition) is 4. The first-order valence-corrected chi connectivity index (χ1v) is 8.60. The Balaban J connectivity index is 2.19. The molecule has 0 aliphatic heterocycles. The van der Waals surface area contributed by atoms with Gasteiger partial charge in [0.15, 0.2) is 0 Å². The molecule has 0 spiro atoms. The van der Waals surface area contributed by atoms with E-state index in [0.29, 0.717) is 18.7 Å². The third-order valence-electron chi connectivity index (χ3n) is 4.80. The van der Waals surface area contributed by atoms with E-state index in [0.717, 1.165) is 12.8 Å². The predicted octanol–water partition coefficient (Wildman–Crippen LogP) is 2.15. The van der Waals surface area contributed by atoms with E-state index in [-0.39, 0.29) is 29.2 Å². The van der Waals surface area contributed by atoms with Crippen molar-refractivity contribution >= 4 is 5.91 Å². The van der Waals surface area contributed by atoms with Gasteiger partial charge >= 0.3 is 0 Å². The molecule has 1 aromatic carbocycles. The van der Waals surface area contributed by atoms with Gasteiger partial charge in [-0.15, -0.1) is 0 Å². The van der Waals surface area contributed by atoms with E-state index in [2.05, 4.69) is 24.3 Å². The lowest BCUT2D eigenvalue weighted by Crippen LogP contribution is -2.38. The number of carbonyl (C=O) groups excluding carboxylic acids is 1. The minimum Gasteiger partial charge on any atom is -0.396 e. The Morgan fingerprint density at radius 2 is 1.84 bits per heavy atom. The van der Waals surface area contributed by atoms with Crippen LogP contribution in [0.3, 0.4) is 0 Å². The van der Waals surface area contributed by atoms with Gasteiger partial charge in [-0.2, -0.15) is 9.78 Å². The minimum absolute atomic E-state index is 0.0920. The van der Waals surface area contributed by atoms with Crippen molar-refractivity contribution in [1.82, 2.24) is 15.1 Å². The molecule has 0 aliphatic carbocycles. The molecule has 1 heterocycles. The number of para-hydroxylation sites is 1. The maximum absolute atomic E-state index is 12.5. The molecule has 0 atom stereocenters. The highest BCUT2D eigenvalue weighted by atomic mass is 16.3. The van der Waals surface area contributed by atoms with E-state index in [1.165, 1.54) is 16.8 Å². The number of nitrogens with zero attached hydrogens (tertiary/aromatic N) is 2. The fourth-order valence-corrected chi connectivity index (χ4v) is 2.82. The number of aliphatic hydroxyl groups excluding tert-OH is 1. The van der Waals surface area contributed by atoms with Crippen molar-refractivity contribution in [2.24, 2.45) is 5.41 Å². The number of rotatable bonds is 8. The molecule has 0 bridgehead atoms. The predicted molar refractivity (Wildman–Crippen MR) is 96.9 cm³/mol. The third kappa shape index (κ3) is 4.54. The molecule has 2 N–H and O–H groups in total. The molecular formula is C19H25N3O3. The first kappa shape index (κ1) is 18.9. The van der Waals surface area contributed by atoms with Crippen LogP contribution in [0.15, 0.2) is 47.3 Å². The summed E-state index contributed by atoms with van der Waals surface area (Å²) >= 11 is 0. The quantitative estimate of drug-likeness (QED) is 0.769. The van der Waals surface area contributed by atoms with Crippen LogP contribution >= 0.6 is 0 Å².